The minimum atomic E-state index is -1.35. The summed E-state index contributed by atoms with van der Waals surface area (Å²) in [6.45, 7) is 4.02. The Hall–Kier alpha value is -4.48. The van der Waals surface area contributed by atoms with E-state index in [9.17, 15) is 28.8 Å². The van der Waals surface area contributed by atoms with Crippen LogP contribution in [-0.4, -0.2) is 65.3 Å². The number of esters is 1. The molecule has 0 saturated heterocycles. The topological polar surface area (TPSA) is 168 Å². The van der Waals surface area contributed by atoms with Crippen LogP contribution in [0.25, 0.3) is 10.8 Å². The summed E-state index contributed by atoms with van der Waals surface area (Å²) in [6.07, 6.45) is -0.778. The predicted octanol–water partition coefficient (Wildman–Crippen LogP) is 4.18. The Kier molecular flexibility index (Phi) is 12.5. The quantitative estimate of drug-likeness (QED) is 0.187. The molecule has 0 spiro atoms. The van der Waals surface area contributed by atoms with Gasteiger partial charge in [0.25, 0.3) is 5.91 Å². The molecular formula is C32H33Cl2N3O8. The number of halogens is 2. The van der Waals surface area contributed by atoms with Crippen molar-refractivity contribution in [3.05, 3.63) is 81.8 Å². The van der Waals surface area contributed by atoms with Gasteiger partial charge < -0.3 is 25.8 Å². The summed E-state index contributed by atoms with van der Waals surface area (Å²) in [6, 6.07) is 13.5. The maximum atomic E-state index is 13.2. The lowest BCUT2D eigenvalue weighted by Crippen LogP contribution is -2.56. The summed E-state index contributed by atoms with van der Waals surface area (Å²) in [5, 5.41) is 18.6. The number of aliphatic carboxylic acids is 1. The number of carbonyl (C=O) groups is 6. The number of amides is 3. The summed E-state index contributed by atoms with van der Waals surface area (Å²) in [5.74, 6) is -5.24. The van der Waals surface area contributed by atoms with E-state index in [1.165, 1.54) is 25.1 Å². The number of fused-ring (bicyclic) bond motifs is 1. The molecule has 1 unspecified atom stereocenters. The van der Waals surface area contributed by atoms with Crippen molar-refractivity contribution in [3.63, 3.8) is 0 Å². The van der Waals surface area contributed by atoms with Crippen LogP contribution in [0.1, 0.15) is 54.3 Å². The maximum Gasteiger partial charge on any atom is 0.341 e. The number of Topliss-reactive ketones (excluding diaryl/α,β-unsaturated/α-hetero) is 1. The van der Waals surface area contributed by atoms with E-state index in [1.807, 2.05) is 24.3 Å². The van der Waals surface area contributed by atoms with Crippen molar-refractivity contribution in [2.24, 2.45) is 5.92 Å². The second-order valence-corrected chi connectivity index (χ2v) is 11.4. The van der Waals surface area contributed by atoms with Crippen LogP contribution in [0, 0.1) is 5.92 Å². The molecule has 0 heterocycles. The molecule has 0 aromatic heterocycles. The highest BCUT2D eigenvalue weighted by atomic mass is 35.5. The smallest absolute Gasteiger partial charge is 0.341 e. The van der Waals surface area contributed by atoms with Crippen LogP contribution < -0.4 is 16.0 Å². The van der Waals surface area contributed by atoms with Gasteiger partial charge in [0.2, 0.25) is 11.8 Å². The second kappa shape index (κ2) is 16.0. The Morgan fingerprint density at radius 3 is 2.07 bits per heavy atom. The van der Waals surface area contributed by atoms with Gasteiger partial charge in [-0.25, -0.2) is 4.79 Å². The van der Waals surface area contributed by atoms with Gasteiger partial charge in [0.1, 0.15) is 12.1 Å². The SMILES string of the molecule is CC(C)[C@H](NC(=O)c1ccc2ccccc2c1)C(=O)N[C@@H](C)C(=O)NC(CCC(=O)O)C(=O)COC(=O)c1c(Cl)cccc1Cl. The van der Waals surface area contributed by atoms with Crippen molar-refractivity contribution < 1.29 is 38.6 Å². The van der Waals surface area contributed by atoms with Gasteiger partial charge in [0.05, 0.1) is 21.7 Å². The van der Waals surface area contributed by atoms with Gasteiger partial charge in [-0.3, -0.25) is 24.0 Å². The van der Waals surface area contributed by atoms with Gasteiger partial charge >= 0.3 is 11.9 Å². The normalized spacial score (nSPS) is 12.9. The molecule has 11 nitrogen and oxygen atoms in total. The predicted molar refractivity (Wildman–Crippen MR) is 168 cm³/mol. The average Bonchev–Trinajstić information content (AvgIpc) is 2.99. The number of rotatable bonds is 14. The third-order valence-corrected chi connectivity index (χ3v) is 7.49. The van der Waals surface area contributed by atoms with E-state index in [-0.39, 0.29) is 27.9 Å². The van der Waals surface area contributed by atoms with Crippen molar-refractivity contribution in [2.75, 3.05) is 6.61 Å². The number of carboxylic acids is 1. The molecule has 3 amide bonds. The summed E-state index contributed by atoms with van der Waals surface area (Å²) in [5.41, 5.74) is 0.207. The fraction of sp³-hybridized carbons (Fsp3) is 0.312. The Balaban J connectivity index is 1.63. The molecular weight excluding hydrogens is 625 g/mol. The largest absolute Gasteiger partial charge is 0.481 e. The number of ketones is 1. The molecule has 3 aromatic carbocycles. The molecule has 0 aliphatic rings. The summed E-state index contributed by atoms with van der Waals surface area (Å²) in [7, 11) is 0. The molecule has 3 atom stereocenters. The summed E-state index contributed by atoms with van der Waals surface area (Å²) >= 11 is 12.0. The third kappa shape index (κ3) is 9.75. The van der Waals surface area contributed by atoms with Gasteiger partial charge in [-0.1, -0.05) is 73.4 Å². The number of benzene rings is 3. The highest BCUT2D eigenvalue weighted by Crippen LogP contribution is 2.25. The number of ether oxygens (including phenoxy) is 1. The lowest BCUT2D eigenvalue weighted by atomic mass is 10.0. The second-order valence-electron chi connectivity index (χ2n) is 10.6. The van der Waals surface area contributed by atoms with Gasteiger partial charge in [0, 0.05) is 12.0 Å². The first-order chi connectivity index (χ1) is 21.3. The van der Waals surface area contributed by atoms with Crippen molar-refractivity contribution in [1.82, 2.24) is 16.0 Å². The van der Waals surface area contributed by atoms with Gasteiger partial charge in [-0.05, 0) is 54.3 Å². The Morgan fingerprint density at radius 2 is 1.44 bits per heavy atom. The highest BCUT2D eigenvalue weighted by Gasteiger charge is 2.30. The number of hydrogen-bond acceptors (Lipinski definition) is 7. The van der Waals surface area contributed by atoms with E-state index in [0.29, 0.717) is 5.56 Å². The zero-order valence-electron chi connectivity index (χ0n) is 24.8. The lowest BCUT2D eigenvalue weighted by molar-refractivity contribution is -0.138. The van der Waals surface area contributed by atoms with Crippen molar-refractivity contribution in [1.29, 1.82) is 0 Å². The number of carboxylic acid groups (broad SMARTS) is 1. The van der Waals surface area contributed by atoms with Crippen molar-refractivity contribution in [3.8, 4) is 0 Å². The van der Waals surface area contributed by atoms with E-state index in [1.54, 1.807) is 32.0 Å². The molecule has 0 saturated carbocycles. The monoisotopic (exact) mass is 657 g/mol. The van der Waals surface area contributed by atoms with Crippen LogP contribution in [0.5, 0.6) is 0 Å². The molecule has 4 N–H and O–H groups in total. The Morgan fingerprint density at radius 1 is 0.800 bits per heavy atom. The van der Waals surface area contributed by atoms with Crippen LogP contribution in [0.2, 0.25) is 10.0 Å². The number of hydrogen-bond donors (Lipinski definition) is 4. The van der Waals surface area contributed by atoms with Gasteiger partial charge in [-0.15, -0.1) is 0 Å². The van der Waals surface area contributed by atoms with Crippen LogP contribution in [-0.2, 0) is 23.9 Å². The van der Waals surface area contributed by atoms with Gasteiger partial charge in [0.15, 0.2) is 12.4 Å². The van der Waals surface area contributed by atoms with Crippen LogP contribution in [0.15, 0.2) is 60.7 Å². The third-order valence-electron chi connectivity index (χ3n) is 6.86. The first kappa shape index (κ1) is 35.0. The van der Waals surface area contributed by atoms with Crippen LogP contribution in [0.3, 0.4) is 0 Å². The minimum absolute atomic E-state index is 0.00778. The van der Waals surface area contributed by atoms with E-state index in [2.05, 4.69) is 16.0 Å². The number of carbonyl (C=O) groups excluding carboxylic acids is 5. The Labute approximate surface area is 269 Å². The minimum Gasteiger partial charge on any atom is -0.481 e. The van der Waals surface area contributed by atoms with Crippen molar-refractivity contribution in [2.45, 2.75) is 51.7 Å². The molecule has 3 rings (SSSR count). The van der Waals surface area contributed by atoms with Gasteiger partial charge in [-0.2, -0.15) is 0 Å². The first-order valence-corrected chi connectivity index (χ1v) is 14.8. The van der Waals surface area contributed by atoms with Crippen LogP contribution >= 0.6 is 23.2 Å². The molecule has 0 aliphatic heterocycles. The molecule has 13 heteroatoms. The van der Waals surface area contributed by atoms with E-state index < -0.39 is 66.6 Å². The zero-order chi connectivity index (χ0) is 33.3. The first-order valence-electron chi connectivity index (χ1n) is 14.0. The molecule has 3 aromatic rings. The Bertz CT molecular complexity index is 1590. The van der Waals surface area contributed by atoms with E-state index in [0.717, 1.165) is 10.8 Å². The maximum absolute atomic E-state index is 13.2. The standard InChI is InChI=1S/C32H33Cl2N3O8/c1-17(2)28(37-30(42)21-12-11-19-7-4-5-8-20(19)15-21)31(43)35-18(3)29(41)36-24(13-14-26(39)40)25(38)16-45-32(44)27-22(33)9-6-10-23(27)34/h4-12,15,17-18,24,28H,13-14,16H2,1-3H3,(H,35,43)(H,36,41)(H,37,42)(H,39,40)/t18-,24?,28-/m0/s1. The van der Waals surface area contributed by atoms with E-state index >= 15 is 0 Å². The summed E-state index contributed by atoms with van der Waals surface area (Å²) in [4.78, 5) is 75.7. The zero-order valence-corrected chi connectivity index (χ0v) is 26.3. The average molecular weight is 659 g/mol. The molecule has 45 heavy (non-hydrogen) atoms. The fourth-order valence-corrected chi connectivity index (χ4v) is 4.89. The molecule has 238 valence electrons. The molecule has 0 radical (unpaired) electrons. The van der Waals surface area contributed by atoms with Crippen LogP contribution in [0.4, 0.5) is 0 Å². The lowest BCUT2D eigenvalue weighted by Gasteiger charge is -2.25. The molecule has 0 bridgehead atoms. The van der Waals surface area contributed by atoms with Crippen molar-refractivity contribution >= 4 is 69.4 Å². The van der Waals surface area contributed by atoms with E-state index in [4.69, 9.17) is 33.0 Å². The number of nitrogens with one attached hydrogen (secondary N) is 3. The fourth-order valence-electron chi connectivity index (χ4n) is 4.34. The highest BCUT2D eigenvalue weighted by molar-refractivity contribution is 6.39. The molecule has 0 fully saturated rings. The summed E-state index contributed by atoms with van der Waals surface area (Å²) < 4.78 is 5.03. The molecule has 0 aliphatic carbocycles.